The standard InChI is InChI=1S/C31H54/c1-22(2)11-10-12-24(4)26-15-18-29(7)28(26,6)19-20-30(8)27(5)16-13-23(3)21-25(27)14-17-31(29,30)9/h14,22-24,26H,10-13,15-21H2,1-9H3/t23?,24-,26-,27+,28-,29-,30-,31+/m1/s1. The summed E-state index contributed by atoms with van der Waals surface area (Å²) < 4.78 is 0. The highest BCUT2D eigenvalue weighted by molar-refractivity contribution is 5.33. The maximum atomic E-state index is 2.77. The van der Waals surface area contributed by atoms with Crippen LogP contribution in [0.4, 0.5) is 0 Å². The van der Waals surface area contributed by atoms with Gasteiger partial charge in [0.25, 0.3) is 0 Å². The third-order valence-electron chi connectivity index (χ3n) is 13.1. The minimum Gasteiger partial charge on any atom is -0.0842 e. The van der Waals surface area contributed by atoms with Crippen molar-refractivity contribution in [2.75, 3.05) is 0 Å². The second-order valence-electron chi connectivity index (χ2n) is 14.5. The maximum Gasteiger partial charge on any atom is -0.00569 e. The van der Waals surface area contributed by atoms with Crippen LogP contribution in [0.5, 0.6) is 0 Å². The normalized spacial score (nSPS) is 50.5. The molecule has 4 rings (SSSR count). The van der Waals surface area contributed by atoms with Crippen LogP contribution in [0, 0.1) is 50.7 Å². The Bertz CT molecular complexity index is 716. The van der Waals surface area contributed by atoms with E-state index in [4.69, 9.17) is 0 Å². The molecule has 0 spiro atoms. The first-order valence-corrected chi connectivity index (χ1v) is 14.0. The third-order valence-corrected chi connectivity index (χ3v) is 13.1. The lowest BCUT2D eigenvalue weighted by atomic mass is 9.31. The first kappa shape index (κ1) is 23.9. The van der Waals surface area contributed by atoms with E-state index < -0.39 is 0 Å². The van der Waals surface area contributed by atoms with Gasteiger partial charge < -0.3 is 0 Å². The van der Waals surface area contributed by atoms with Gasteiger partial charge >= 0.3 is 0 Å². The summed E-state index contributed by atoms with van der Waals surface area (Å²) in [6.07, 6.45) is 18.5. The zero-order chi connectivity index (χ0) is 22.9. The molecule has 0 heterocycles. The Morgan fingerprint density at radius 2 is 1.55 bits per heavy atom. The van der Waals surface area contributed by atoms with Crippen molar-refractivity contribution in [1.82, 2.24) is 0 Å². The van der Waals surface area contributed by atoms with Crippen molar-refractivity contribution >= 4 is 0 Å². The lowest BCUT2D eigenvalue weighted by molar-refractivity contribution is -0.221. The van der Waals surface area contributed by atoms with Crippen LogP contribution in [0.25, 0.3) is 0 Å². The molecule has 0 radical (unpaired) electrons. The van der Waals surface area contributed by atoms with Crippen LogP contribution in [-0.2, 0) is 0 Å². The van der Waals surface area contributed by atoms with Crippen molar-refractivity contribution in [1.29, 1.82) is 0 Å². The molecule has 3 fully saturated rings. The lowest BCUT2D eigenvalue weighted by Gasteiger charge is -2.73. The Morgan fingerprint density at radius 1 is 0.839 bits per heavy atom. The molecule has 3 saturated carbocycles. The summed E-state index contributed by atoms with van der Waals surface area (Å²) in [7, 11) is 0. The van der Waals surface area contributed by atoms with E-state index in [1.165, 1.54) is 70.6 Å². The van der Waals surface area contributed by atoms with Crippen LogP contribution in [0.15, 0.2) is 11.6 Å². The molecular weight excluding hydrogens is 372 g/mol. The van der Waals surface area contributed by atoms with Gasteiger partial charge in [0.05, 0.1) is 0 Å². The molecule has 8 atom stereocenters. The van der Waals surface area contributed by atoms with Gasteiger partial charge in [-0.25, -0.2) is 0 Å². The maximum absolute atomic E-state index is 2.77. The van der Waals surface area contributed by atoms with E-state index in [2.05, 4.69) is 68.4 Å². The largest absolute Gasteiger partial charge is 0.0842 e. The van der Waals surface area contributed by atoms with Crippen molar-refractivity contribution in [2.45, 2.75) is 133 Å². The van der Waals surface area contributed by atoms with Crippen molar-refractivity contribution in [3.05, 3.63) is 11.6 Å². The minimum atomic E-state index is 0.428. The van der Waals surface area contributed by atoms with Gasteiger partial charge in [-0.2, -0.15) is 0 Å². The summed E-state index contributed by atoms with van der Waals surface area (Å²) >= 11 is 0. The van der Waals surface area contributed by atoms with Crippen molar-refractivity contribution in [3.8, 4) is 0 Å². The van der Waals surface area contributed by atoms with E-state index in [1.807, 2.05) is 5.57 Å². The molecule has 0 aromatic rings. The predicted molar refractivity (Wildman–Crippen MR) is 136 cm³/mol. The summed E-state index contributed by atoms with van der Waals surface area (Å²) in [6.45, 7) is 23.6. The fraction of sp³-hybridized carbons (Fsp3) is 0.935. The third kappa shape index (κ3) is 3.04. The van der Waals surface area contributed by atoms with E-state index in [0.29, 0.717) is 27.1 Å². The van der Waals surface area contributed by atoms with Crippen LogP contribution in [0.1, 0.15) is 133 Å². The molecule has 0 amide bonds. The number of hydrogen-bond acceptors (Lipinski definition) is 0. The molecule has 4 aliphatic carbocycles. The summed E-state index contributed by atoms with van der Waals surface area (Å²) in [4.78, 5) is 0. The van der Waals surface area contributed by atoms with E-state index in [-0.39, 0.29) is 0 Å². The monoisotopic (exact) mass is 426 g/mol. The average molecular weight is 427 g/mol. The number of hydrogen-bond donors (Lipinski definition) is 0. The zero-order valence-electron chi connectivity index (χ0n) is 22.7. The van der Waals surface area contributed by atoms with Crippen molar-refractivity contribution < 1.29 is 0 Å². The number of rotatable bonds is 5. The number of allylic oxidation sites excluding steroid dienone is 2. The molecule has 0 bridgehead atoms. The average Bonchev–Trinajstić information content (AvgIpc) is 2.98. The molecule has 0 heteroatoms. The highest BCUT2D eigenvalue weighted by Gasteiger charge is 2.73. The summed E-state index contributed by atoms with van der Waals surface area (Å²) in [5.41, 5.74) is 4.14. The van der Waals surface area contributed by atoms with Gasteiger partial charge in [0.2, 0.25) is 0 Å². The molecule has 0 aliphatic heterocycles. The summed E-state index contributed by atoms with van der Waals surface area (Å²) in [5.74, 6) is 3.56. The Labute approximate surface area is 195 Å². The second-order valence-corrected chi connectivity index (χ2v) is 14.5. The molecule has 31 heavy (non-hydrogen) atoms. The highest BCUT2D eigenvalue weighted by atomic mass is 14.8. The Kier molecular flexibility index (Phi) is 5.88. The van der Waals surface area contributed by atoms with Crippen molar-refractivity contribution in [3.63, 3.8) is 0 Å². The first-order valence-electron chi connectivity index (χ1n) is 14.0. The fourth-order valence-electron chi connectivity index (χ4n) is 10.2. The van der Waals surface area contributed by atoms with Gasteiger partial charge in [0.15, 0.2) is 0 Å². The molecular formula is C31H54. The smallest absolute Gasteiger partial charge is 0.00569 e. The molecule has 0 saturated heterocycles. The van der Waals surface area contributed by atoms with Crippen LogP contribution in [0.3, 0.4) is 0 Å². The number of fused-ring (bicyclic) bond motifs is 5. The van der Waals surface area contributed by atoms with Crippen LogP contribution in [0.2, 0.25) is 0 Å². The van der Waals surface area contributed by atoms with Gasteiger partial charge in [0.1, 0.15) is 0 Å². The molecule has 178 valence electrons. The van der Waals surface area contributed by atoms with Gasteiger partial charge in [-0.05, 0) is 102 Å². The van der Waals surface area contributed by atoms with E-state index in [1.54, 1.807) is 0 Å². The summed E-state index contributed by atoms with van der Waals surface area (Å²) in [6, 6.07) is 0. The molecule has 1 unspecified atom stereocenters. The SMILES string of the molecule is CC(C)CCC[C@@H](C)[C@H]1CC[C@@]2(C)[C@]3(C)CC=C4CC(C)CC[C@]4(C)[C@@]3(C)CC[C@]12C. The topological polar surface area (TPSA) is 0 Å². The van der Waals surface area contributed by atoms with Gasteiger partial charge in [-0.15, -0.1) is 0 Å². The van der Waals surface area contributed by atoms with E-state index in [0.717, 1.165) is 23.7 Å². The van der Waals surface area contributed by atoms with Gasteiger partial charge in [-0.3, -0.25) is 0 Å². The van der Waals surface area contributed by atoms with Crippen LogP contribution in [-0.4, -0.2) is 0 Å². The lowest BCUT2D eigenvalue weighted by Crippen LogP contribution is -2.66. The fourth-order valence-corrected chi connectivity index (χ4v) is 10.2. The van der Waals surface area contributed by atoms with Crippen LogP contribution >= 0.6 is 0 Å². The van der Waals surface area contributed by atoms with Gasteiger partial charge in [0, 0.05) is 0 Å². The van der Waals surface area contributed by atoms with Gasteiger partial charge in [-0.1, -0.05) is 93.2 Å². The van der Waals surface area contributed by atoms with Crippen LogP contribution < -0.4 is 0 Å². The molecule has 0 nitrogen and oxygen atoms in total. The highest BCUT2D eigenvalue weighted by Crippen LogP contribution is 2.81. The Morgan fingerprint density at radius 3 is 2.23 bits per heavy atom. The molecule has 0 aromatic heterocycles. The minimum absolute atomic E-state index is 0.428. The predicted octanol–water partition coefficient (Wildman–Crippen LogP) is 9.83. The Balaban J connectivity index is 1.66. The molecule has 4 aliphatic rings. The quantitative estimate of drug-likeness (QED) is 0.384. The van der Waals surface area contributed by atoms with E-state index in [9.17, 15) is 0 Å². The van der Waals surface area contributed by atoms with E-state index >= 15 is 0 Å². The zero-order valence-corrected chi connectivity index (χ0v) is 22.7. The Hall–Kier alpha value is -0.260. The summed E-state index contributed by atoms with van der Waals surface area (Å²) in [5, 5.41) is 0. The first-order chi connectivity index (χ1) is 14.3. The molecule has 0 N–H and O–H groups in total. The second kappa shape index (κ2) is 7.63. The van der Waals surface area contributed by atoms with Crippen molar-refractivity contribution in [2.24, 2.45) is 50.7 Å². The molecule has 0 aromatic carbocycles.